The molecule has 2 aromatic carbocycles. The third kappa shape index (κ3) is 5.48. The van der Waals surface area contributed by atoms with Crippen molar-refractivity contribution in [2.75, 3.05) is 19.4 Å². The standard InChI is InChI=1S/C18H20ClNO2S/c1-13-4-3-5-14(10-13)12-23-9-8-20-18(21)15-6-7-17(22-2)16(19)11-15/h3-7,10-11H,8-9,12H2,1-2H3,(H,20,21). The summed E-state index contributed by atoms with van der Waals surface area (Å²) in [7, 11) is 1.55. The average molecular weight is 350 g/mol. The van der Waals surface area contributed by atoms with Crippen molar-refractivity contribution in [2.24, 2.45) is 0 Å². The van der Waals surface area contributed by atoms with Gasteiger partial charge in [0.05, 0.1) is 12.1 Å². The number of nitrogens with one attached hydrogen (secondary N) is 1. The summed E-state index contributed by atoms with van der Waals surface area (Å²) in [6.07, 6.45) is 0. The zero-order chi connectivity index (χ0) is 16.7. The second-order valence-electron chi connectivity index (χ2n) is 5.15. The van der Waals surface area contributed by atoms with Crippen molar-refractivity contribution >= 4 is 29.3 Å². The summed E-state index contributed by atoms with van der Waals surface area (Å²) in [4.78, 5) is 12.1. The number of amides is 1. The van der Waals surface area contributed by atoms with E-state index >= 15 is 0 Å². The number of thioether (sulfide) groups is 1. The van der Waals surface area contributed by atoms with Gasteiger partial charge in [-0.3, -0.25) is 4.79 Å². The lowest BCUT2D eigenvalue weighted by Gasteiger charge is -2.08. The number of carbonyl (C=O) groups is 1. The topological polar surface area (TPSA) is 38.3 Å². The number of rotatable bonds is 7. The van der Waals surface area contributed by atoms with Crippen LogP contribution in [0.25, 0.3) is 0 Å². The summed E-state index contributed by atoms with van der Waals surface area (Å²) < 4.78 is 5.08. The maximum Gasteiger partial charge on any atom is 0.251 e. The monoisotopic (exact) mass is 349 g/mol. The number of benzene rings is 2. The Kier molecular flexibility index (Phi) is 6.81. The van der Waals surface area contributed by atoms with Crippen LogP contribution >= 0.6 is 23.4 Å². The van der Waals surface area contributed by atoms with Crippen LogP contribution in [0.4, 0.5) is 0 Å². The van der Waals surface area contributed by atoms with E-state index in [0.29, 0.717) is 22.9 Å². The SMILES string of the molecule is COc1ccc(C(=O)NCCSCc2cccc(C)c2)cc1Cl. The lowest BCUT2D eigenvalue weighted by molar-refractivity contribution is 0.0956. The van der Waals surface area contributed by atoms with Crippen LogP contribution in [0.5, 0.6) is 5.75 Å². The van der Waals surface area contributed by atoms with Gasteiger partial charge in [-0.2, -0.15) is 11.8 Å². The normalized spacial score (nSPS) is 10.4. The Bertz CT molecular complexity index is 676. The van der Waals surface area contributed by atoms with Gasteiger partial charge in [0.15, 0.2) is 0 Å². The molecule has 0 unspecified atom stereocenters. The molecule has 1 amide bonds. The van der Waals surface area contributed by atoms with Crippen LogP contribution in [0.1, 0.15) is 21.5 Å². The first-order valence-electron chi connectivity index (χ1n) is 7.35. The van der Waals surface area contributed by atoms with Crippen molar-refractivity contribution in [3.05, 3.63) is 64.2 Å². The Morgan fingerprint density at radius 3 is 2.78 bits per heavy atom. The van der Waals surface area contributed by atoms with E-state index < -0.39 is 0 Å². The molecule has 23 heavy (non-hydrogen) atoms. The number of hydrogen-bond acceptors (Lipinski definition) is 3. The number of methoxy groups -OCH3 is 1. The maximum absolute atomic E-state index is 12.1. The lowest BCUT2D eigenvalue weighted by Crippen LogP contribution is -2.25. The molecule has 122 valence electrons. The summed E-state index contributed by atoms with van der Waals surface area (Å²) in [5.74, 6) is 2.26. The fourth-order valence-electron chi connectivity index (χ4n) is 2.14. The Hall–Kier alpha value is -1.65. The van der Waals surface area contributed by atoms with E-state index in [0.717, 1.165) is 11.5 Å². The van der Waals surface area contributed by atoms with Crippen molar-refractivity contribution < 1.29 is 9.53 Å². The molecular formula is C18H20ClNO2S. The molecule has 2 aromatic rings. The van der Waals surface area contributed by atoms with Crippen molar-refractivity contribution in [1.29, 1.82) is 0 Å². The highest BCUT2D eigenvalue weighted by Crippen LogP contribution is 2.24. The molecule has 0 heterocycles. The van der Waals surface area contributed by atoms with Gasteiger partial charge in [-0.25, -0.2) is 0 Å². The van der Waals surface area contributed by atoms with Crippen LogP contribution in [0.3, 0.4) is 0 Å². The smallest absolute Gasteiger partial charge is 0.251 e. The second kappa shape index (κ2) is 8.85. The summed E-state index contributed by atoms with van der Waals surface area (Å²) in [6, 6.07) is 13.5. The maximum atomic E-state index is 12.1. The predicted octanol–water partition coefficient (Wildman–Crippen LogP) is 4.32. The van der Waals surface area contributed by atoms with Crippen molar-refractivity contribution in [1.82, 2.24) is 5.32 Å². The van der Waals surface area contributed by atoms with Crippen LogP contribution < -0.4 is 10.1 Å². The van der Waals surface area contributed by atoms with Gasteiger partial charge in [-0.1, -0.05) is 41.4 Å². The van der Waals surface area contributed by atoms with E-state index in [1.807, 2.05) is 0 Å². The van der Waals surface area contributed by atoms with Gasteiger partial charge in [0, 0.05) is 23.6 Å². The molecule has 0 fully saturated rings. The van der Waals surface area contributed by atoms with Crippen molar-refractivity contribution in [3.8, 4) is 5.75 Å². The summed E-state index contributed by atoms with van der Waals surface area (Å²) in [6.45, 7) is 2.72. The van der Waals surface area contributed by atoms with E-state index in [-0.39, 0.29) is 5.91 Å². The van der Waals surface area contributed by atoms with E-state index in [1.54, 1.807) is 37.1 Å². The second-order valence-corrected chi connectivity index (χ2v) is 6.66. The minimum Gasteiger partial charge on any atom is -0.495 e. The van der Waals surface area contributed by atoms with E-state index in [4.69, 9.17) is 16.3 Å². The van der Waals surface area contributed by atoms with Gasteiger partial charge < -0.3 is 10.1 Å². The van der Waals surface area contributed by atoms with Crippen LogP contribution in [-0.2, 0) is 5.75 Å². The first-order chi connectivity index (χ1) is 11.1. The lowest BCUT2D eigenvalue weighted by atomic mass is 10.2. The van der Waals surface area contributed by atoms with Crippen molar-refractivity contribution in [3.63, 3.8) is 0 Å². The van der Waals surface area contributed by atoms with Gasteiger partial charge in [0.25, 0.3) is 5.91 Å². The Balaban J connectivity index is 1.73. The van der Waals surface area contributed by atoms with Gasteiger partial charge in [0.2, 0.25) is 0 Å². The highest BCUT2D eigenvalue weighted by molar-refractivity contribution is 7.98. The molecule has 0 aromatic heterocycles. The Morgan fingerprint density at radius 1 is 1.26 bits per heavy atom. The minimum atomic E-state index is -0.120. The average Bonchev–Trinajstić information content (AvgIpc) is 2.54. The van der Waals surface area contributed by atoms with E-state index in [2.05, 4.69) is 36.5 Å². The van der Waals surface area contributed by atoms with Crippen LogP contribution in [0.2, 0.25) is 5.02 Å². The fourth-order valence-corrected chi connectivity index (χ4v) is 3.20. The molecule has 2 rings (SSSR count). The van der Waals surface area contributed by atoms with Gasteiger partial charge in [-0.05, 0) is 30.7 Å². The number of carbonyl (C=O) groups excluding carboxylic acids is 1. The number of hydrogen-bond donors (Lipinski definition) is 1. The molecule has 0 bridgehead atoms. The summed E-state index contributed by atoms with van der Waals surface area (Å²) in [5, 5.41) is 3.34. The zero-order valence-electron chi connectivity index (χ0n) is 13.3. The molecule has 5 heteroatoms. The van der Waals surface area contributed by atoms with Crippen LogP contribution in [-0.4, -0.2) is 25.3 Å². The molecule has 0 spiro atoms. The molecular weight excluding hydrogens is 330 g/mol. The van der Waals surface area contributed by atoms with Crippen LogP contribution in [0, 0.1) is 6.92 Å². The number of ether oxygens (including phenoxy) is 1. The highest BCUT2D eigenvalue weighted by atomic mass is 35.5. The van der Waals surface area contributed by atoms with E-state index in [1.165, 1.54) is 11.1 Å². The Labute approximate surface area is 146 Å². The predicted molar refractivity (Wildman–Crippen MR) is 97.7 cm³/mol. The van der Waals surface area contributed by atoms with Gasteiger partial charge in [-0.15, -0.1) is 0 Å². The molecule has 0 aliphatic carbocycles. The third-order valence-corrected chi connectivity index (χ3v) is 4.62. The van der Waals surface area contributed by atoms with Gasteiger partial charge >= 0.3 is 0 Å². The summed E-state index contributed by atoms with van der Waals surface area (Å²) in [5.41, 5.74) is 3.12. The molecule has 0 saturated heterocycles. The minimum absolute atomic E-state index is 0.120. The molecule has 0 radical (unpaired) electrons. The first kappa shape index (κ1) is 17.7. The first-order valence-corrected chi connectivity index (χ1v) is 8.88. The molecule has 3 nitrogen and oxygen atoms in total. The summed E-state index contributed by atoms with van der Waals surface area (Å²) >= 11 is 7.83. The molecule has 0 aliphatic heterocycles. The van der Waals surface area contributed by atoms with Gasteiger partial charge in [0.1, 0.15) is 5.75 Å². The third-order valence-electron chi connectivity index (χ3n) is 3.30. The molecule has 1 N–H and O–H groups in total. The zero-order valence-corrected chi connectivity index (χ0v) is 14.8. The molecule has 0 saturated carbocycles. The quantitative estimate of drug-likeness (QED) is 0.756. The number of aryl methyl sites for hydroxylation is 1. The highest BCUT2D eigenvalue weighted by Gasteiger charge is 2.08. The molecule has 0 aliphatic rings. The molecule has 0 atom stereocenters. The van der Waals surface area contributed by atoms with Crippen LogP contribution in [0.15, 0.2) is 42.5 Å². The Morgan fingerprint density at radius 2 is 2.09 bits per heavy atom. The van der Waals surface area contributed by atoms with Crippen molar-refractivity contribution in [2.45, 2.75) is 12.7 Å². The largest absolute Gasteiger partial charge is 0.495 e. The number of halogens is 1. The van der Waals surface area contributed by atoms with E-state index in [9.17, 15) is 4.79 Å². The fraction of sp³-hybridized carbons (Fsp3) is 0.278.